The van der Waals surface area contributed by atoms with E-state index in [1.165, 1.54) is 59.5 Å². The van der Waals surface area contributed by atoms with Gasteiger partial charge in [-0.1, -0.05) is 158 Å². The Bertz CT molecular complexity index is 3160. The van der Waals surface area contributed by atoms with Gasteiger partial charge in [0.15, 0.2) is 17.5 Å². The quantitative estimate of drug-likeness (QED) is 0.171. The summed E-state index contributed by atoms with van der Waals surface area (Å²) in [5, 5.41) is 4.91. The zero-order chi connectivity index (χ0) is 37.0. The summed E-state index contributed by atoms with van der Waals surface area (Å²) in [6.07, 6.45) is 0. The molecule has 0 aliphatic heterocycles. The monoisotopic (exact) mass is 732 g/mol. The van der Waals surface area contributed by atoms with Crippen LogP contribution in [0.1, 0.15) is 0 Å². The van der Waals surface area contributed by atoms with Gasteiger partial charge in [-0.2, -0.15) is 0 Å². The van der Waals surface area contributed by atoms with E-state index in [0.717, 1.165) is 27.1 Å². The van der Waals surface area contributed by atoms with Crippen LogP contribution in [0.2, 0.25) is 0 Å². The summed E-state index contributed by atoms with van der Waals surface area (Å²) >= 11 is 1.80. The standard InChI is InChI=1S/C51H32N4S/c1-4-14-33(15-5-1)34-26-29-38(30-27-34)55-44-24-11-10-20-40(44)41-31-28-37(32-45(41)55)39-21-13-25-46-47(39)42-22-12-23-43(48(42)56-46)51-53-49(35-16-6-2-7-17-35)52-50(54-51)36-18-8-3-9-19-36/h1-32H. The summed E-state index contributed by atoms with van der Waals surface area (Å²) in [6.45, 7) is 0. The molecule has 0 saturated carbocycles. The van der Waals surface area contributed by atoms with Crippen molar-refractivity contribution in [2.75, 3.05) is 0 Å². The van der Waals surface area contributed by atoms with Gasteiger partial charge in [-0.15, -0.1) is 11.3 Å². The Morgan fingerprint density at radius 3 is 1.61 bits per heavy atom. The summed E-state index contributed by atoms with van der Waals surface area (Å²) < 4.78 is 4.79. The molecule has 0 aliphatic rings. The Hall–Kier alpha value is -7.21. The predicted molar refractivity (Wildman–Crippen MR) is 234 cm³/mol. The maximum atomic E-state index is 5.10. The third-order valence-electron chi connectivity index (χ3n) is 10.7. The first-order valence-electron chi connectivity index (χ1n) is 18.8. The molecule has 0 bridgehead atoms. The zero-order valence-electron chi connectivity index (χ0n) is 30.2. The lowest BCUT2D eigenvalue weighted by Crippen LogP contribution is -2.00. The second-order valence-electron chi connectivity index (χ2n) is 14.0. The van der Waals surface area contributed by atoms with Gasteiger partial charge in [-0.3, -0.25) is 0 Å². The first-order valence-corrected chi connectivity index (χ1v) is 19.6. The van der Waals surface area contributed by atoms with Crippen LogP contribution in [0.3, 0.4) is 0 Å². The number of rotatable bonds is 6. The molecular formula is C51H32N4S. The van der Waals surface area contributed by atoms with Crippen LogP contribution in [0.15, 0.2) is 194 Å². The molecular weight excluding hydrogens is 701 g/mol. The molecule has 0 saturated heterocycles. The van der Waals surface area contributed by atoms with Crippen molar-refractivity contribution in [3.63, 3.8) is 0 Å². The Morgan fingerprint density at radius 1 is 0.357 bits per heavy atom. The number of aromatic nitrogens is 4. The van der Waals surface area contributed by atoms with Gasteiger partial charge in [0.1, 0.15) is 0 Å². The van der Waals surface area contributed by atoms with Gasteiger partial charge in [0.05, 0.1) is 11.0 Å². The van der Waals surface area contributed by atoms with Gasteiger partial charge in [0.2, 0.25) is 0 Å². The second-order valence-corrected chi connectivity index (χ2v) is 15.1. The normalized spacial score (nSPS) is 11.6. The van der Waals surface area contributed by atoms with E-state index in [-0.39, 0.29) is 0 Å². The van der Waals surface area contributed by atoms with Crippen LogP contribution < -0.4 is 0 Å². The predicted octanol–water partition coefficient (Wildman–Crippen LogP) is 13.7. The maximum Gasteiger partial charge on any atom is 0.165 e. The molecule has 0 amide bonds. The highest BCUT2D eigenvalue weighted by Crippen LogP contribution is 2.45. The molecule has 0 fully saturated rings. The van der Waals surface area contributed by atoms with E-state index < -0.39 is 0 Å². The molecule has 0 unspecified atom stereocenters. The number of benzene rings is 8. The van der Waals surface area contributed by atoms with Crippen LogP contribution in [0, 0.1) is 0 Å². The Kier molecular flexibility index (Phi) is 7.64. The van der Waals surface area contributed by atoms with Crippen molar-refractivity contribution in [1.82, 2.24) is 19.5 Å². The number of nitrogens with zero attached hydrogens (tertiary/aromatic N) is 4. The SMILES string of the molecule is c1ccc(-c2ccc(-n3c4ccccc4c4ccc(-c5cccc6sc7c(-c8nc(-c9ccccc9)nc(-c9ccccc9)n8)cccc7c56)cc43)cc2)cc1. The van der Waals surface area contributed by atoms with Crippen LogP contribution in [-0.4, -0.2) is 19.5 Å². The molecule has 11 aromatic rings. The van der Waals surface area contributed by atoms with E-state index >= 15 is 0 Å². The van der Waals surface area contributed by atoms with Crippen LogP contribution in [0.25, 0.3) is 104 Å². The lowest BCUT2D eigenvalue weighted by molar-refractivity contribution is 1.08. The molecule has 262 valence electrons. The molecule has 3 aromatic heterocycles. The van der Waals surface area contributed by atoms with Crippen molar-refractivity contribution >= 4 is 53.3 Å². The van der Waals surface area contributed by atoms with Gasteiger partial charge >= 0.3 is 0 Å². The topological polar surface area (TPSA) is 43.6 Å². The van der Waals surface area contributed by atoms with Crippen molar-refractivity contribution in [2.24, 2.45) is 0 Å². The van der Waals surface area contributed by atoms with E-state index in [2.05, 4.69) is 162 Å². The molecule has 56 heavy (non-hydrogen) atoms. The van der Waals surface area contributed by atoms with Crippen LogP contribution >= 0.6 is 11.3 Å². The van der Waals surface area contributed by atoms with Crippen molar-refractivity contribution in [3.8, 4) is 62.1 Å². The van der Waals surface area contributed by atoms with Gasteiger partial charge in [-0.05, 0) is 58.7 Å². The van der Waals surface area contributed by atoms with E-state index in [1.54, 1.807) is 11.3 Å². The third kappa shape index (κ3) is 5.40. The Morgan fingerprint density at radius 2 is 0.893 bits per heavy atom. The fourth-order valence-electron chi connectivity index (χ4n) is 8.04. The van der Waals surface area contributed by atoms with Crippen molar-refractivity contribution in [3.05, 3.63) is 194 Å². The minimum absolute atomic E-state index is 0.659. The molecule has 8 aromatic carbocycles. The summed E-state index contributed by atoms with van der Waals surface area (Å²) in [6, 6.07) is 68.7. The molecule has 0 spiro atoms. The number of para-hydroxylation sites is 1. The fraction of sp³-hybridized carbons (Fsp3) is 0. The van der Waals surface area contributed by atoms with Crippen molar-refractivity contribution in [2.45, 2.75) is 0 Å². The van der Waals surface area contributed by atoms with Crippen LogP contribution in [0.5, 0.6) is 0 Å². The molecule has 0 atom stereocenters. The van der Waals surface area contributed by atoms with Crippen LogP contribution in [-0.2, 0) is 0 Å². The first kappa shape index (κ1) is 32.2. The van der Waals surface area contributed by atoms with Gasteiger partial charge < -0.3 is 4.57 Å². The summed E-state index contributed by atoms with van der Waals surface area (Å²) in [4.78, 5) is 15.1. The molecule has 3 heterocycles. The summed E-state index contributed by atoms with van der Waals surface area (Å²) in [5.41, 5.74) is 11.2. The molecule has 4 nitrogen and oxygen atoms in total. The van der Waals surface area contributed by atoms with Crippen molar-refractivity contribution in [1.29, 1.82) is 0 Å². The number of thiophene rings is 1. The number of fused-ring (bicyclic) bond motifs is 6. The highest BCUT2D eigenvalue weighted by Gasteiger charge is 2.19. The fourth-order valence-corrected chi connectivity index (χ4v) is 9.28. The minimum Gasteiger partial charge on any atom is -0.309 e. The number of hydrogen-bond donors (Lipinski definition) is 0. The summed E-state index contributed by atoms with van der Waals surface area (Å²) in [7, 11) is 0. The Labute approximate surface area is 327 Å². The number of hydrogen-bond acceptors (Lipinski definition) is 4. The highest BCUT2D eigenvalue weighted by atomic mass is 32.1. The average molecular weight is 733 g/mol. The lowest BCUT2D eigenvalue weighted by atomic mass is 9.97. The molecule has 0 N–H and O–H groups in total. The minimum atomic E-state index is 0.659. The van der Waals surface area contributed by atoms with E-state index in [1.807, 2.05) is 36.4 Å². The smallest absolute Gasteiger partial charge is 0.165 e. The van der Waals surface area contributed by atoms with Crippen molar-refractivity contribution < 1.29 is 0 Å². The maximum absolute atomic E-state index is 5.10. The molecule has 5 heteroatoms. The third-order valence-corrected chi connectivity index (χ3v) is 11.9. The molecule has 0 aliphatic carbocycles. The first-order chi connectivity index (χ1) is 27.8. The lowest BCUT2D eigenvalue weighted by Gasteiger charge is -2.11. The second kappa shape index (κ2) is 13.3. The average Bonchev–Trinajstić information content (AvgIpc) is 3.83. The zero-order valence-corrected chi connectivity index (χ0v) is 31.0. The van der Waals surface area contributed by atoms with E-state index in [4.69, 9.17) is 15.0 Å². The van der Waals surface area contributed by atoms with Gasteiger partial charge in [-0.25, -0.2) is 15.0 Å². The van der Waals surface area contributed by atoms with E-state index in [0.29, 0.717) is 17.5 Å². The van der Waals surface area contributed by atoms with Crippen LogP contribution in [0.4, 0.5) is 0 Å². The molecule has 0 radical (unpaired) electrons. The van der Waals surface area contributed by atoms with Gasteiger partial charge in [0.25, 0.3) is 0 Å². The largest absolute Gasteiger partial charge is 0.309 e. The highest BCUT2D eigenvalue weighted by molar-refractivity contribution is 7.26. The van der Waals surface area contributed by atoms with E-state index in [9.17, 15) is 0 Å². The summed E-state index contributed by atoms with van der Waals surface area (Å²) in [5.74, 6) is 1.99. The Balaban J connectivity index is 1.08. The molecule has 11 rings (SSSR count). The van der Waals surface area contributed by atoms with Gasteiger partial charge in [0, 0.05) is 53.3 Å².